The van der Waals surface area contributed by atoms with Crippen LogP contribution >= 0.6 is 0 Å². The first kappa shape index (κ1) is 8.94. The maximum absolute atomic E-state index is 12.8. The van der Waals surface area contributed by atoms with E-state index >= 15 is 0 Å². The van der Waals surface area contributed by atoms with Gasteiger partial charge in [0.25, 0.3) is 0 Å². The first-order chi connectivity index (χ1) is 6.74. The topological polar surface area (TPSA) is 17.8 Å². The summed E-state index contributed by atoms with van der Waals surface area (Å²) in [6, 6.07) is 5.32. The molecule has 0 amide bonds. The molecule has 0 aromatic carbocycles. The van der Waals surface area contributed by atoms with Gasteiger partial charge in [-0.3, -0.25) is 0 Å². The van der Waals surface area contributed by atoms with Crippen molar-refractivity contribution in [3.63, 3.8) is 0 Å². The highest BCUT2D eigenvalue weighted by atomic mass is 19.1. The lowest BCUT2D eigenvalue weighted by Crippen LogP contribution is -1.89. The molecule has 0 atom stereocenters. The molecule has 2 nitrogen and oxygen atoms in total. The number of hydrogen-bond acceptors (Lipinski definition) is 1. The highest BCUT2D eigenvalue weighted by Gasteiger charge is 1.99. The molecule has 0 radical (unpaired) electrons. The molecule has 2 rings (SSSR count). The van der Waals surface area contributed by atoms with Crippen molar-refractivity contribution in [2.24, 2.45) is 7.05 Å². The highest BCUT2D eigenvalue weighted by molar-refractivity contribution is 5.22. The Kier molecular flexibility index (Phi) is 2.31. The minimum absolute atomic E-state index is 0.418. The fourth-order valence-corrected chi connectivity index (χ4v) is 1.45. The third-order valence-corrected chi connectivity index (χ3v) is 2.09. The molecule has 0 saturated heterocycles. The van der Waals surface area contributed by atoms with Crippen LogP contribution < -0.4 is 0 Å². The van der Waals surface area contributed by atoms with E-state index in [9.17, 15) is 4.39 Å². The Balaban J connectivity index is 2.18. The van der Waals surface area contributed by atoms with E-state index in [-0.39, 0.29) is 0 Å². The molecule has 0 N–H and O–H groups in total. The van der Waals surface area contributed by atoms with Gasteiger partial charge < -0.3 is 4.57 Å². The first-order valence-corrected chi connectivity index (χ1v) is 4.45. The summed E-state index contributed by atoms with van der Waals surface area (Å²) in [5, 5.41) is 0. The van der Waals surface area contributed by atoms with E-state index in [1.807, 2.05) is 36.1 Å². The molecule has 0 aliphatic heterocycles. The zero-order valence-corrected chi connectivity index (χ0v) is 7.94. The van der Waals surface area contributed by atoms with Crippen LogP contribution in [0.1, 0.15) is 11.1 Å². The second kappa shape index (κ2) is 3.62. The van der Waals surface area contributed by atoms with Crippen LogP contribution in [0.4, 0.5) is 4.39 Å². The van der Waals surface area contributed by atoms with Crippen LogP contribution in [0.15, 0.2) is 36.8 Å². The van der Waals surface area contributed by atoms with Crippen LogP contribution in [-0.2, 0) is 13.5 Å². The highest BCUT2D eigenvalue weighted by Crippen LogP contribution is 2.09. The zero-order valence-electron chi connectivity index (χ0n) is 7.94. The zero-order chi connectivity index (χ0) is 9.97. The molecule has 0 spiro atoms. The van der Waals surface area contributed by atoms with E-state index < -0.39 is 5.95 Å². The second-order valence-corrected chi connectivity index (χ2v) is 3.35. The average Bonchev–Trinajstić information content (AvgIpc) is 2.51. The Bertz CT molecular complexity index is 434. The van der Waals surface area contributed by atoms with E-state index in [0.717, 1.165) is 12.0 Å². The standard InChI is InChI=1S/C11H11FN2/c1-14-5-3-10(8-14)6-9-2-4-13-11(12)7-9/h2-5,7-8H,6H2,1H3. The van der Waals surface area contributed by atoms with Gasteiger partial charge in [-0.25, -0.2) is 4.98 Å². The van der Waals surface area contributed by atoms with Crippen molar-refractivity contribution in [1.29, 1.82) is 0 Å². The van der Waals surface area contributed by atoms with Crippen molar-refractivity contribution in [2.45, 2.75) is 6.42 Å². The van der Waals surface area contributed by atoms with Crippen molar-refractivity contribution in [3.8, 4) is 0 Å². The van der Waals surface area contributed by atoms with Gasteiger partial charge in [-0.1, -0.05) is 0 Å². The summed E-state index contributed by atoms with van der Waals surface area (Å²) in [4.78, 5) is 3.51. The molecule has 0 aliphatic rings. The van der Waals surface area contributed by atoms with Crippen molar-refractivity contribution in [2.75, 3.05) is 0 Å². The molecule has 0 unspecified atom stereocenters. The quantitative estimate of drug-likeness (QED) is 0.663. The number of aryl methyl sites for hydroxylation is 1. The molecule has 72 valence electrons. The molecule has 0 bridgehead atoms. The maximum atomic E-state index is 12.8. The van der Waals surface area contributed by atoms with E-state index in [1.165, 1.54) is 17.8 Å². The Labute approximate surface area is 82.0 Å². The second-order valence-electron chi connectivity index (χ2n) is 3.35. The summed E-state index contributed by atoms with van der Waals surface area (Å²) in [6.07, 6.45) is 6.25. The summed E-state index contributed by atoms with van der Waals surface area (Å²) in [5.41, 5.74) is 2.13. The number of rotatable bonds is 2. The molecule has 2 aromatic heterocycles. The monoisotopic (exact) mass is 190 g/mol. The number of nitrogens with zero attached hydrogens (tertiary/aromatic N) is 2. The van der Waals surface area contributed by atoms with Gasteiger partial charge in [0.2, 0.25) is 5.95 Å². The SMILES string of the molecule is Cn1ccc(Cc2ccnc(F)c2)c1. The fourth-order valence-electron chi connectivity index (χ4n) is 1.45. The number of aromatic nitrogens is 2. The summed E-state index contributed by atoms with van der Waals surface area (Å²) in [6.45, 7) is 0. The van der Waals surface area contributed by atoms with Gasteiger partial charge in [0, 0.05) is 25.6 Å². The Morgan fingerprint density at radius 1 is 1.36 bits per heavy atom. The summed E-state index contributed by atoms with van der Waals surface area (Å²) in [5.74, 6) is -0.418. The lowest BCUT2D eigenvalue weighted by atomic mass is 10.1. The van der Waals surface area contributed by atoms with Gasteiger partial charge >= 0.3 is 0 Å². The van der Waals surface area contributed by atoms with Gasteiger partial charge in [0.1, 0.15) is 0 Å². The minimum Gasteiger partial charge on any atom is -0.357 e. The van der Waals surface area contributed by atoms with Gasteiger partial charge in [0.15, 0.2) is 0 Å². The van der Waals surface area contributed by atoms with E-state index in [2.05, 4.69) is 4.98 Å². The normalized spacial score (nSPS) is 10.4. The van der Waals surface area contributed by atoms with Crippen molar-refractivity contribution in [3.05, 3.63) is 53.9 Å². The Hall–Kier alpha value is -1.64. The summed E-state index contributed by atoms with van der Waals surface area (Å²) in [7, 11) is 1.97. The summed E-state index contributed by atoms with van der Waals surface area (Å²) < 4.78 is 14.7. The number of pyridine rings is 1. The van der Waals surface area contributed by atoms with Crippen LogP contribution in [0, 0.1) is 5.95 Å². The fraction of sp³-hybridized carbons (Fsp3) is 0.182. The first-order valence-electron chi connectivity index (χ1n) is 4.45. The van der Waals surface area contributed by atoms with Gasteiger partial charge in [-0.15, -0.1) is 0 Å². The van der Waals surface area contributed by atoms with Gasteiger partial charge in [-0.2, -0.15) is 4.39 Å². The van der Waals surface area contributed by atoms with Crippen molar-refractivity contribution >= 4 is 0 Å². The van der Waals surface area contributed by atoms with Crippen LogP contribution in [0.3, 0.4) is 0 Å². The molecular formula is C11H11FN2. The maximum Gasteiger partial charge on any atom is 0.213 e. The van der Waals surface area contributed by atoms with E-state index in [4.69, 9.17) is 0 Å². The van der Waals surface area contributed by atoms with Gasteiger partial charge in [-0.05, 0) is 35.7 Å². The lowest BCUT2D eigenvalue weighted by molar-refractivity contribution is 0.582. The lowest BCUT2D eigenvalue weighted by Gasteiger charge is -1.97. The molecule has 0 fully saturated rings. The largest absolute Gasteiger partial charge is 0.357 e. The minimum atomic E-state index is -0.418. The van der Waals surface area contributed by atoms with Crippen molar-refractivity contribution < 1.29 is 4.39 Å². The summed E-state index contributed by atoms with van der Waals surface area (Å²) >= 11 is 0. The predicted octanol–water partition coefficient (Wildman–Crippen LogP) is 2.15. The molecule has 2 aromatic rings. The number of halogens is 1. The molecule has 0 saturated carbocycles. The van der Waals surface area contributed by atoms with E-state index in [1.54, 1.807) is 0 Å². The molecule has 2 heterocycles. The predicted molar refractivity (Wildman–Crippen MR) is 52.4 cm³/mol. The smallest absolute Gasteiger partial charge is 0.213 e. The molecular weight excluding hydrogens is 179 g/mol. The van der Waals surface area contributed by atoms with Crippen LogP contribution in [0.5, 0.6) is 0 Å². The molecule has 3 heteroatoms. The Morgan fingerprint density at radius 2 is 2.21 bits per heavy atom. The Morgan fingerprint density at radius 3 is 2.86 bits per heavy atom. The van der Waals surface area contributed by atoms with Gasteiger partial charge in [0.05, 0.1) is 0 Å². The van der Waals surface area contributed by atoms with Crippen LogP contribution in [0.2, 0.25) is 0 Å². The van der Waals surface area contributed by atoms with Crippen molar-refractivity contribution in [1.82, 2.24) is 9.55 Å². The average molecular weight is 190 g/mol. The number of hydrogen-bond donors (Lipinski definition) is 0. The molecule has 0 aliphatic carbocycles. The third-order valence-electron chi connectivity index (χ3n) is 2.09. The third kappa shape index (κ3) is 1.99. The van der Waals surface area contributed by atoms with E-state index in [0.29, 0.717) is 0 Å². The molecule has 14 heavy (non-hydrogen) atoms. The van der Waals surface area contributed by atoms with Crippen LogP contribution in [-0.4, -0.2) is 9.55 Å². The van der Waals surface area contributed by atoms with Crippen LogP contribution in [0.25, 0.3) is 0 Å².